The summed E-state index contributed by atoms with van der Waals surface area (Å²) in [6, 6.07) is 14.4. The van der Waals surface area contributed by atoms with Gasteiger partial charge in [-0.15, -0.1) is 25.8 Å². The molecule has 0 amide bonds. The zero-order valence-electron chi connectivity index (χ0n) is 16.3. The number of benzene rings is 2. The maximum absolute atomic E-state index is 12.4. The number of hydrogen-bond donors (Lipinski definition) is 1. The highest BCUT2D eigenvalue weighted by Gasteiger charge is 2.35. The molecule has 2 nitrogen and oxygen atoms in total. The lowest BCUT2D eigenvalue weighted by molar-refractivity contribution is -0.274. The van der Waals surface area contributed by atoms with Gasteiger partial charge in [-0.25, -0.2) is 0 Å². The molecule has 0 aliphatic carbocycles. The summed E-state index contributed by atoms with van der Waals surface area (Å²) in [6.07, 6.45) is -3.64. The van der Waals surface area contributed by atoms with Gasteiger partial charge in [-0.2, -0.15) is 0 Å². The predicted molar refractivity (Wildman–Crippen MR) is 109 cm³/mol. The van der Waals surface area contributed by atoms with Gasteiger partial charge in [0.2, 0.25) is 0 Å². The van der Waals surface area contributed by atoms with Gasteiger partial charge in [0.05, 0.1) is 5.69 Å². The Labute approximate surface area is 170 Å². The fourth-order valence-electron chi connectivity index (χ4n) is 4.34. The first-order valence-corrected chi connectivity index (χ1v) is 9.87. The number of thiol groups is 1. The van der Waals surface area contributed by atoms with Crippen molar-refractivity contribution in [1.29, 1.82) is 0 Å². The van der Waals surface area contributed by atoms with E-state index >= 15 is 0 Å². The number of para-hydroxylation sites is 1. The van der Waals surface area contributed by atoms with Crippen molar-refractivity contribution in [3.8, 4) is 5.75 Å². The van der Waals surface area contributed by atoms with Crippen LogP contribution in [-0.2, 0) is 0 Å². The van der Waals surface area contributed by atoms with Crippen molar-refractivity contribution < 1.29 is 17.9 Å². The first-order chi connectivity index (χ1) is 13.0. The molecule has 0 spiro atoms. The number of anilines is 1. The van der Waals surface area contributed by atoms with Crippen LogP contribution in [0.3, 0.4) is 0 Å². The molecule has 2 atom stereocenters. The minimum Gasteiger partial charge on any atom is -0.406 e. The van der Waals surface area contributed by atoms with Gasteiger partial charge in [-0.3, -0.25) is 0 Å². The van der Waals surface area contributed by atoms with Crippen LogP contribution in [0.25, 0.3) is 0 Å². The smallest absolute Gasteiger partial charge is 0.406 e. The average Bonchev–Trinajstić information content (AvgIpc) is 2.69. The van der Waals surface area contributed by atoms with Crippen LogP contribution in [0.5, 0.6) is 5.75 Å². The SMILES string of the molecule is CC1CC(C)(C)CN(c2ccccc2S)CC1c1ccc(OC(F)(F)F)cc1. The summed E-state index contributed by atoms with van der Waals surface area (Å²) in [7, 11) is 0. The molecule has 0 saturated carbocycles. The Morgan fingerprint density at radius 1 is 1.07 bits per heavy atom. The highest BCUT2D eigenvalue weighted by molar-refractivity contribution is 7.80. The molecular weight excluding hydrogens is 383 g/mol. The Morgan fingerprint density at radius 2 is 1.71 bits per heavy atom. The second-order valence-corrected chi connectivity index (χ2v) is 8.92. The minimum atomic E-state index is -4.67. The third kappa shape index (κ3) is 5.16. The second kappa shape index (κ2) is 7.90. The summed E-state index contributed by atoms with van der Waals surface area (Å²) in [5.74, 6) is 0.409. The summed E-state index contributed by atoms with van der Waals surface area (Å²) in [5.41, 5.74) is 2.24. The molecule has 28 heavy (non-hydrogen) atoms. The van der Waals surface area contributed by atoms with Gasteiger partial charge in [0.15, 0.2) is 0 Å². The van der Waals surface area contributed by atoms with Crippen molar-refractivity contribution in [3.63, 3.8) is 0 Å². The summed E-state index contributed by atoms with van der Waals surface area (Å²) in [4.78, 5) is 3.29. The van der Waals surface area contributed by atoms with E-state index in [0.29, 0.717) is 5.92 Å². The van der Waals surface area contributed by atoms with Crippen LogP contribution in [-0.4, -0.2) is 19.5 Å². The third-order valence-electron chi connectivity index (χ3n) is 5.36. The van der Waals surface area contributed by atoms with Crippen LogP contribution in [0.15, 0.2) is 53.4 Å². The van der Waals surface area contributed by atoms with Gasteiger partial charge in [0, 0.05) is 23.9 Å². The Kier molecular flexibility index (Phi) is 5.89. The van der Waals surface area contributed by atoms with Gasteiger partial charge in [-0.1, -0.05) is 45.0 Å². The van der Waals surface area contributed by atoms with E-state index in [0.717, 1.165) is 35.7 Å². The first kappa shape index (κ1) is 20.9. The molecule has 1 heterocycles. The van der Waals surface area contributed by atoms with Crippen LogP contribution in [0, 0.1) is 11.3 Å². The maximum Gasteiger partial charge on any atom is 0.573 e. The molecule has 0 aromatic heterocycles. The van der Waals surface area contributed by atoms with Crippen molar-refractivity contribution in [2.24, 2.45) is 11.3 Å². The fraction of sp³-hybridized carbons (Fsp3) is 0.455. The summed E-state index contributed by atoms with van der Waals surface area (Å²) in [6.45, 7) is 8.45. The van der Waals surface area contributed by atoms with Gasteiger partial charge in [0.25, 0.3) is 0 Å². The van der Waals surface area contributed by atoms with E-state index in [-0.39, 0.29) is 17.1 Å². The molecule has 152 valence electrons. The number of rotatable bonds is 3. The molecule has 0 bridgehead atoms. The Balaban J connectivity index is 1.90. The molecule has 1 saturated heterocycles. The quantitative estimate of drug-likeness (QED) is 0.579. The number of ether oxygens (including phenoxy) is 1. The molecule has 1 aliphatic heterocycles. The van der Waals surface area contributed by atoms with Crippen molar-refractivity contribution >= 4 is 18.3 Å². The van der Waals surface area contributed by atoms with E-state index in [9.17, 15) is 13.2 Å². The van der Waals surface area contributed by atoms with Crippen molar-refractivity contribution in [2.75, 3.05) is 18.0 Å². The lowest BCUT2D eigenvalue weighted by Gasteiger charge is -2.32. The summed E-state index contributed by atoms with van der Waals surface area (Å²) >= 11 is 4.63. The number of nitrogens with zero attached hydrogens (tertiary/aromatic N) is 1. The van der Waals surface area contributed by atoms with Crippen LogP contribution in [0.1, 0.15) is 38.7 Å². The number of halogens is 3. The van der Waals surface area contributed by atoms with Crippen LogP contribution in [0.4, 0.5) is 18.9 Å². The zero-order chi connectivity index (χ0) is 20.5. The normalized spacial score (nSPS) is 22.6. The van der Waals surface area contributed by atoms with E-state index in [2.05, 4.69) is 49.1 Å². The summed E-state index contributed by atoms with van der Waals surface area (Å²) < 4.78 is 41.3. The molecule has 1 aliphatic rings. The number of alkyl halides is 3. The van der Waals surface area contributed by atoms with Crippen LogP contribution >= 0.6 is 12.6 Å². The van der Waals surface area contributed by atoms with Gasteiger partial charge in [0.1, 0.15) is 5.75 Å². The maximum atomic E-state index is 12.4. The van der Waals surface area contributed by atoms with E-state index in [1.807, 2.05) is 18.2 Å². The molecule has 6 heteroatoms. The van der Waals surface area contributed by atoms with E-state index in [4.69, 9.17) is 0 Å². The molecule has 2 unspecified atom stereocenters. The average molecular weight is 410 g/mol. The molecule has 3 rings (SSSR count). The molecule has 1 fully saturated rings. The van der Waals surface area contributed by atoms with Crippen LogP contribution in [0.2, 0.25) is 0 Å². The Bertz CT molecular complexity index is 804. The topological polar surface area (TPSA) is 12.5 Å². The van der Waals surface area contributed by atoms with E-state index in [1.54, 1.807) is 12.1 Å². The minimum absolute atomic E-state index is 0.115. The van der Waals surface area contributed by atoms with E-state index in [1.165, 1.54) is 12.1 Å². The van der Waals surface area contributed by atoms with Gasteiger partial charge >= 0.3 is 6.36 Å². The van der Waals surface area contributed by atoms with Crippen molar-refractivity contribution in [2.45, 2.75) is 44.4 Å². The van der Waals surface area contributed by atoms with Crippen molar-refractivity contribution in [1.82, 2.24) is 0 Å². The van der Waals surface area contributed by atoms with Gasteiger partial charge < -0.3 is 9.64 Å². The lowest BCUT2D eigenvalue weighted by Crippen LogP contribution is -2.34. The molecule has 2 aromatic rings. The monoisotopic (exact) mass is 409 g/mol. The molecule has 2 aromatic carbocycles. The summed E-state index contributed by atoms with van der Waals surface area (Å²) in [5, 5.41) is 0. The van der Waals surface area contributed by atoms with Crippen LogP contribution < -0.4 is 9.64 Å². The first-order valence-electron chi connectivity index (χ1n) is 9.43. The fourth-order valence-corrected chi connectivity index (χ4v) is 4.64. The van der Waals surface area contributed by atoms with Gasteiger partial charge in [-0.05, 0) is 47.6 Å². The lowest BCUT2D eigenvalue weighted by atomic mass is 9.78. The molecular formula is C22H26F3NOS. The number of hydrogen-bond acceptors (Lipinski definition) is 3. The van der Waals surface area contributed by atoms with E-state index < -0.39 is 6.36 Å². The third-order valence-corrected chi connectivity index (χ3v) is 5.74. The zero-order valence-corrected chi connectivity index (χ0v) is 17.2. The molecule has 0 N–H and O–H groups in total. The highest BCUT2D eigenvalue weighted by atomic mass is 32.1. The largest absolute Gasteiger partial charge is 0.573 e. The predicted octanol–water partition coefficient (Wildman–Crippen LogP) is 6.53. The Morgan fingerprint density at radius 3 is 2.32 bits per heavy atom. The Hall–Kier alpha value is -1.82. The van der Waals surface area contributed by atoms with Crippen molar-refractivity contribution in [3.05, 3.63) is 54.1 Å². The second-order valence-electron chi connectivity index (χ2n) is 8.44. The standard InChI is InChI=1S/C22H26F3NOS/c1-15-12-21(2,3)14-26(19-6-4-5-7-20(19)28)13-18(15)16-8-10-17(11-9-16)27-22(23,24)25/h4-11,15,18,28H,12-14H2,1-3H3. The highest BCUT2D eigenvalue weighted by Crippen LogP contribution is 2.42. The molecule has 0 radical (unpaired) electrons.